The summed E-state index contributed by atoms with van der Waals surface area (Å²) in [6, 6.07) is 1.45. The molecule has 2 heterocycles. The van der Waals surface area contributed by atoms with Crippen molar-refractivity contribution in [1.29, 1.82) is 0 Å². The molecule has 102 valence electrons. The second-order valence-electron chi connectivity index (χ2n) is 6.61. The number of nitrogens with zero attached hydrogens (tertiary/aromatic N) is 2. The number of aliphatic carboxylic acids is 1. The van der Waals surface area contributed by atoms with Crippen molar-refractivity contribution in [2.24, 2.45) is 5.41 Å². The van der Waals surface area contributed by atoms with Gasteiger partial charge in [0.05, 0.1) is 5.41 Å². The van der Waals surface area contributed by atoms with Gasteiger partial charge in [-0.25, -0.2) is 0 Å². The highest BCUT2D eigenvalue weighted by Gasteiger charge is 2.42. The summed E-state index contributed by atoms with van der Waals surface area (Å²) in [5, 5.41) is 9.37. The Morgan fingerprint density at radius 3 is 2.61 bits per heavy atom. The van der Waals surface area contributed by atoms with Crippen LogP contribution in [0.2, 0.25) is 0 Å². The Balaban J connectivity index is 1.60. The van der Waals surface area contributed by atoms with E-state index in [4.69, 9.17) is 0 Å². The lowest BCUT2D eigenvalue weighted by atomic mass is 9.81. The van der Waals surface area contributed by atoms with Crippen molar-refractivity contribution in [2.75, 3.05) is 26.2 Å². The zero-order chi connectivity index (χ0) is 12.8. The maximum Gasteiger partial charge on any atom is 0.310 e. The van der Waals surface area contributed by atoms with Gasteiger partial charge in [-0.15, -0.1) is 0 Å². The van der Waals surface area contributed by atoms with E-state index in [9.17, 15) is 9.90 Å². The first-order valence-corrected chi connectivity index (χ1v) is 7.30. The topological polar surface area (TPSA) is 43.8 Å². The zero-order valence-electron chi connectivity index (χ0n) is 11.3. The monoisotopic (exact) mass is 252 g/mol. The van der Waals surface area contributed by atoms with Crippen LogP contribution < -0.4 is 0 Å². The van der Waals surface area contributed by atoms with E-state index in [0.717, 1.165) is 32.0 Å². The Labute approximate surface area is 109 Å². The molecule has 0 amide bonds. The molecule has 0 aromatic rings. The van der Waals surface area contributed by atoms with E-state index >= 15 is 0 Å². The Bertz CT molecular complexity index is 343. The van der Waals surface area contributed by atoms with Gasteiger partial charge in [-0.1, -0.05) is 0 Å². The summed E-state index contributed by atoms with van der Waals surface area (Å²) in [6.07, 6.45) is 5.84. The summed E-state index contributed by atoms with van der Waals surface area (Å²) >= 11 is 0. The average molecular weight is 252 g/mol. The quantitative estimate of drug-likeness (QED) is 0.825. The van der Waals surface area contributed by atoms with Crippen molar-refractivity contribution in [3.8, 4) is 0 Å². The number of hydrogen-bond acceptors (Lipinski definition) is 3. The first-order chi connectivity index (χ1) is 8.58. The molecular weight excluding hydrogens is 228 g/mol. The van der Waals surface area contributed by atoms with E-state index in [1.807, 2.05) is 6.92 Å². The molecular formula is C14H24N2O2. The molecule has 3 fully saturated rings. The molecule has 18 heavy (non-hydrogen) atoms. The molecule has 2 atom stereocenters. The highest BCUT2D eigenvalue weighted by Crippen LogP contribution is 2.35. The summed E-state index contributed by atoms with van der Waals surface area (Å²) in [6.45, 7) is 6.13. The fourth-order valence-corrected chi connectivity index (χ4v) is 3.60. The number of carboxylic acid groups (broad SMARTS) is 1. The average Bonchev–Trinajstić information content (AvgIpc) is 3.07. The van der Waals surface area contributed by atoms with Crippen LogP contribution in [0.1, 0.15) is 39.0 Å². The maximum atomic E-state index is 11.4. The highest BCUT2D eigenvalue weighted by atomic mass is 16.4. The van der Waals surface area contributed by atoms with Crippen LogP contribution in [0.15, 0.2) is 0 Å². The van der Waals surface area contributed by atoms with Gasteiger partial charge in [0, 0.05) is 31.7 Å². The third-order valence-electron chi connectivity index (χ3n) is 5.02. The maximum absolute atomic E-state index is 11.4. The highest BCUT2D eigenvalue weighted by molar-refractivity contribution is 5.74. The molecule has 1 saturated carbocycles. The molecule has 3 rings (SSSR count). The Morgan fingerprint density at radius 1 is 1.17 bits per heavy atom. The summed E-state index contributed by atoms with van der Waals surface area (Å²) < 4.78 is 0. The fourth-order valence-electron chi connectivity index (χ4n) is 3.60. The number of rotatable bonds is 3. The molecule has 1 aliphatic carbocycles. The smallest absolute Gasteiger partial charge is 0.310 e. The lowest BCUT2D eigenvalue weighted by Gasteiger charge is -2.40. The Hall–Kier alpha value is -0.610. The molecule has 0 aromatic carbocycles. The molecule has 3 aliphatic rings. The second kappa shape index (κ2) is 4.49. The molecule has 4 heteroatoms. The first-order valence-electron chi connectivity index (χ1n) is 7.30. The summed E-state index contributed by atoms with van der Waals surface area (Å²) in [7, 11) is 0. The van der Waals surface area contributed by atoms with E-state index < -0.39 is 11.4 Å². The summed E-state index contributed by atoms with van der Waals surface area (Å²) in [5.74, 6) is -0.621. The SMILES string of the molecule is CC1(C(=O)O)CCCN(C2CCN(C3CC3)C2)C1. The van der Waals surface area contributed by atoms with Crippen LogP contribution in [0.5, 0.6) is 0 Å². The largest absolute Gasteiger partial charge is 0.481 e. The third-order valence-corrected chi connectivity index (χ3v) is 5.02. The van der Waals surface area contributed by atoms with Crippen molar-refractivity contribution >= 4 is 5.97 Å². The minimum absolute atomic E-state index is 0.523. The minimum Gasteiger partial charge on any atom is -0.481 e. The van der Waals surface area contributed by atoms with Crippen LogP contribution in [0.3, 0.4) is 0 Å². The van der Waals surface area contributed by atoms with Crippen molar-refractivity contribution in [3.63, 3.8) is 0 Å². The third kappa shape index (κ3) is 2.28. The molecule has 0 spiro atoms. The fraction of sp³-hybridized carbons (Fsp3) is 0.929. The van der Waals surface area contributed by atoms with Crippen molar-refractivity contribution in [3.05, 3.63) is 0 Å². The number of hydrogen-bond donors (Lipinski definition) is 1. The van der Waals surface area contributed by atoms with E-state index in [2.05, 4.69) is 9.80 Å². The van der Waals surface area contributed by atoms with Gasteiger partial charge in [0.1, 0.15) is 0 Å². The van der Waals surface area contributed by atoms with Crippen molar-refractivity contribution in [1.82, 2.24) is 9.80 Å². The minimum atomic E-state index is -0.621. The van der Waals surface area contributed by atoms with Crippen LogP contribution in [-0.2, 0) is 4.79 Å². The van der Waals surface area contributed by atoms with E-state index in [1.165, 1.54) is 32.4 Å². The van der Waals surface area contributed by atoms with Gasteiger partial charge in [-0.05, 0) is 45.6 Å². The lowest BCUT2D eigenvalue weighted by molar-refractivity contribution is -0.151. The van der Waals surface area contributed by atoms with Crippen LogP contribution in [0, 0.1) is 5.41 Å². The molecule has 0 radical (unpaired) electrons. The van der Waals surface area contributed by atoms with Crippen LogP contribution >= 0.6 is 0 Å². The Morgan fingerprint density at radius 2 is 1.94 bits per heavy atom. The summed E-state index contributed by atoms with van der Waals surface area (Å²) in [4.78, 5) is 16.4. The zero-order valence-corrected chi connectivity index (χ0v) is 11.3. The van der Waals surface area contributed by atoms with Crippen LogP contribution in [0.4, 0.5) is 0 Å². The molecule has 2 aliphatic heterocycles. The van der Waals surface area contributed by atoms with Crippen molar-refractivity contribution in [2.45, 2.75) is 51.1 Å². The molecule has 1 N–H and O–H groups in total. The number of piperidine rings is 1. The second-order valence-corrected chi connectivity index (χ2v) is 6.61. The van der Waals surface area contributed by atoms with E-state index in [0.29, 0.717) is 6.04 Å². The normalized spacial score (nSPS) is 39.1. The molecule has 0 aromatic heterocycles. The van der Waals surface area contributed by atoms with Crippen LogP contribution in [0.25, 0.3) is 0 Å². The van der Waals surface area contributed by atoms with E-state index in [-0.39, 0.29) is 0 Å². The van der Waals surface area contributed by atoms with Gasteiger partial charge in [0.25, 0.3) is 0 Å². The van der Waals surface area contributed by atoms with Gasteiger partial charge in [-0.3, -0.25) is 14.6 Å². The van der Waals surface area contributed by atoms with Gasteiger partial charge >= 0.3 is 5.97 Å². The lowest BCUT2D eigenvalue weighted by Crippen LogP contribution is -2.50. The van der Waals surface area contributed by atoms with Gasteiger partial charge in [0.2, 0.25) is 0 Å². The van der Waals surface area contributed by atoms with Gasteiger partial charge in [-0.2, -0.15) is 0 Å². The van der Waals surface area contributed by atoms with E-state index in [1.54, 1.807) is 0 Å². The molecule has 4 nitrogen and oxygen atoms in total. The predicted molar refractivity (Wildman–Crippen MR) is 69.5 cm³/mol. The van der Waals surface area contributed by atoms with Gasteiger partial charge < -0.3 is 5.11 Å². The molecule has 2 saturated heterocycles. The van der Waals surface area contributed by atoms with Crippen molar-refractivity contribution < 1.29 is 9.90 Å². The number of carboxylic acids is 1. The van der Waals surface area contributed by atoms with Crippen LogP contribution in [-0.4, -0.2) is 59.1 Å². The van der Waals surface area contributed by atoms with Gasteiger partial charge in [0.15, 0.2) is 0 Å². The number of carbonyl (C=O) groups is 1. The number of likely N-dealkylation sites (tertiary alicyclic amines) is 2. The standard InChI is InChI=1S/C14H24N2O2/c1-14(13(17)18)6-2-7-16(10-14)12-5-8-15(9-12)11-3-4-11/h11-12H,2-10H2,1H3,(H,17,18). The molecule has 0 bridgehead atoms. The Kier molecular flexibility index (Phi) is 3.10. The summed E-state index contributed by atoms with van der Waals surface area (Å²) in [5.41, 5.74) is -0.523. The molecule has 2 unspecified atom stereocenters. The predicted octanol–water partition coefficient (Wildman–Crippen LogP) is 1.41. The first kappa shape index (κ1) is 12.4.